The zero-order chi connectivity index (χ0) is 8.15. The van der Waals surface area contributed by atoms with Crippen molar-refractivity contribution in [3.63, 3.8) is 0 Å². The summed E-state index contributed by atoms with van der Waals surface area (Å²) in [6.07, 6.45) is -1.22. The maximum absolute atomic E-state index is 10.5. The number of esters is 1. The fourth-order valence-corrected chi connectivity index (χ4v) is 0.377. The van der Waals surface area contributed by atoms with Crippen molar-refractivity contribution in [3.8, 4) is 0 Å². The molecule has 4 heteroatoms. The normalized spacial score (nSPS) is 12.3. The summed E-state index contributed by atoms with van der Waals surface area (Å²) in [6.45, 7) is 2.69. The van der Waals surface area contributed by atoms with Crippen molar-refractivity contribution in [3.05, 3.63) is 12.2 Å². The maximum atomic E-state index is 10.5. The smallest absolute Gasteiger partial charge is 0.335 e. The molecule has 0 aromatic heterocycles. The fourth-order valence-electron chi connectivity index (χ4n) is 0.377. The largest absolute Gasteiger partial charge is 0.466 e. The summed E-state index contributed by atoms with van der Waals surface area (Å²) >= 11 is 0. The lowest BCUT2D eigenvalue weighted by Gasteiger charge is -2.07. The average Bonchev–Trinajstić information content (AvgIpc) is 2.00. The van der Waals surface area contributed by atoms with Gasteiger partial charge in [0.1, 0.15) is 6.10 Å². The molecular formula is C6H10O4. The van der Waals surface area contributed by atoms with Gasteiger partial charge in [0.25, 0.3) is 0 Å². The molecule has 10 heavy (non-hydrogen) atoms. The molecule has 0 aliphatic heterocycles. The van der Waals surface area contributed by atoms with Crippen molar-refractivity contribution in [2.45, 2.75) is 6.10 Å². The predicted molar refractivity (Wildman–Crippen MR) is 34.2 cm³/mol. The van der Waals surface area contributed by atoms with E-state index in [0.717, 1.165) is 0 Å². The monoisotopic (exact) mass is 146 g/mol. The molecule has 0 aliphatic carbocycles. The number of hydrogen-bond donors (Lipinski definition) is 2. The topological polar surface area (TPSA) is 66.8 Å². The number of hydrogen-bond acceptors (Lipinski definition) is 4. The van der Waals surface area contributed by atoms with E-state index in [2.05, 4.69) is 11.3 Å². The molecule has 0 rings (SSSR count). The van der Waals surface area contributed by atoms with Crippen molar-refractivity contribution in [2.75, 3.05) is 13.7 Å². The third-order valence-corrected chi connectivity index (χ3v) is 1.02. The van der Waals surface area contributed by atoms with Crippen LogP contribution in [-0.4, -0.2) is 36.0 Å². The lowest BCUT2D eigenvalue weighted by molar-refractivity contribution is -0.137. The summed E-state index contributed by atoms with van der Waals surface area (Å²) in [4.78, 5) is 10.5. The molecule has 0 saturated carbocycles. The Bertz CT molecular complexity index is 141. The Labute approximate surface area is 58.7 Å². The van der Waals surface area contributed by atoms with E-state index >= 15 is 0 Å². The van der Waals surface area contributed by atoms with Crippen LogP contribution in [0.4, 0.5) is 0 Å². The first kappa shape index (κ1) is 9.13. The molecule has 1 unspecified atom stereocenters. The van der Waals surface area contributed by atoms with Gasteiger partial charge in [-0.25, -0.2) is 4.79 Å². The third kappa shape index (κ3) is 2.16. The highest BCUT2D eigenvalue weighted by atomic mass is 16.5. The maximum Gasteiger partial charge on any atom is 0.335 e. The summed E-state index contributed by atoms with van der Waals surface area (Å²) in [5, 5.41) is 17.1. The van der Waals surface area contributed by atoms with Crippen LogP contribution < -0.4 is 0 Å². The van der Waals surface area contributed by atoms with Crippen LogP contribution in [0.5, 0.6) is 0 Å². The minimum absolute atomic E-state index is 0.134. The second-order valence-corrected chi connectivity index (χ2v) is 1.72. The van der Waals surface area contributed by atoms with E-state index < -0.39 is 18.7 Å². The summed E-state index contributed by atoms with van der Waals surface area (Å²) in [5.74, 6) is -0.707. The molecule has 58 valence electrons. The van der Waals surface area contributed by atoms with Gasteiger partial charge in [0.15, 0.2) is 0 Å². The number of carbonyl (C=O) groups excluding carboxylic acids is 1. The summed E-state index contributed by atoms with van der Waals surface area (Å²) in [6, 6.07) is 0. The third-order valence-electron chi connectivity index (χ3n) is 1.02. The highest BCUT2D eigenvalue weighted by Gasteiger charge is 2.14. The van der Waals surface area contributed by atoms with Gasteiger partial charge in [0.05, 0.1) is 19.3 Å². The standard InChI is InChI=1S/C6H10O4/c1-4(5(8)3-7)6(9)10-2/h5,7-8H,1,3H2,2H3. The molecule has 0 spiro atoms. The van der Waals surface area contributed by atoms with Crippen LogP contribution in [0.1, 0.15) is 0 Å². The van der Waals surface area contributed by atoms with Crippen LogP contribution in [0.15, 0.2) is 12.2 Å². The Kier molecular flexibility index (Phi) is 3.68. The minimum Gasteiger partial charge on any atom is -0.466 e. The van der Waals surface area contributed by atoms with Gasteiger partial charge in [-0.05, 0) is 0 Å². The molecular weight excluding hydrogens is 136 g/mol. The highest BCUT2D eigenvalue weighted by molar-refractivity contribution is 5.88. The molecule has 0 fully saturated rings. The molecule has 0 aliphatic rings. The quantitative estimate of drug-likeness (QED) is 0.398. The van der Waals surface area contributed by atoms with Gasteiger partial charge >= 0.3 is 5.97 Å². The summed E-state index contributed by atoms with van der Waals surface area (Å²) in [5.41, 5.74) is -0.134. The number of methoxy groups -OCH3 is 1. The summed E-state index contributed by atoms with van der Waals surface area (Å²) < 4.78 is 4.23. The number of ether oxygens (including phenoxy) is 1. The van der Waals surface area contributed by atoms with Crippen LogP contribution in [0.3, 0.4) is 0 Å². The molecule has 0 aromatic rings. The van der Waals surface area contributed by atoms with Crippen molar-refractivity contribution >= 4 is 5.97 Å². The van der Waals surface area contributed by atoms with Gasteiger partial charge in [-0.1, -0.05) is 6.58 Å². The Morgan fingerprint density at radius 2 is 2.30 bits per heavy atom. The van der Waals surface area contributed by atoms with Crippen LogP contribution in [0.2, 0.25) is 0 Å². The zero-order valence-corrected chi connectivity index (χ0v) is 5.70. The van der Waals surface area contributed by atoms with E-state index in [9.17, 15) is 4.79 Å². The van der Waals surface area contributed by atoms with Crippen molar-refractivity contribution in [1.82, 2.24) is 0 Å². The van der Waals surface area contributed by atoms with E-state index in [0.29, 0.717) is 0 Å². The van der Waals surface area contributed by atoms with Crippen LogP contribution >= 0.6 is 0 Å². The SMILES string of the molecule is C=C(C(=O)OC)C(O)CO. The van der Waals surface area contributed by atoms with Crippen LogP contribution in [-0.2, 0) is 9.53 Å². The van der Waals surface area contributed by atoms with Gasteiger partial charge in [-0.3, -0.25) is 0 Å². The molecule has 0 heterocycles. The average molecular weight is 146 g/mol. The van der Waals surface area contributed by atoms with E-state index in [-0.39, 0.29) is 5.57 Å². The van der Waals surface area contributed by atoms with E-state index in [1.807, 2.05) is 0 Å². The molecule has 0 saturated heterocycles. The van der Waals surface area contributed by atoms with Gasteiger partial charge in [0, 0.05) is 0 Å². The van der Waals surface area contributed by atoms with Gasteiger partial charge in [-0.2, -0.15) is 0 Å². The van der Waals surface area contributed by atoms with Gasteiger partial charge < -0.3 is 14.9 Å². The fraction of sp³-hybridized carbons (Fsp3) is 0.500. The molecule has 1 atom stereocenters. The number of aliphatic hydroxyl groups excluding tert-OH is 2. The zero-order valence-electron chi connectivity index (χ0n) is 5.70. The Hall–Kier alpha value is -0.870. The van der Waals surface area contributed by atoms with Gasteiger partial charge in [-0.15, -0.1) is 0 Å². The van der Waals surface area contributed by atoms with Crippen molar-refractivity contribution in [2.24, 2.45) is 0 Å². The molecule has 0 amide bonds. The van der Waals surface area contributed by atoms with E-state index in [4.69, 9.17) is 10.2 Å². The number of aliphatic hydroxyl groups is 2. The second kappa shape index (κ2) is 4.03. The summed E-state index contributed by atoms with van der Waals surface area (Å²) in [7, 11) is 1.18. The van der Waals surface area contributed by atoms with Crippen LogP contribution in [0, 0.1) is 0 Å². The number of carbonyl (C=O) groups is 1. The van der Waals surface area contributed by atoms with Crippen molar-refractivity contribution in [1.29, 1.82) is 0 Å². The van der Waals surface area contributed by atoms with Crippen molar-refractivity contribution < 1.29 is 19.7 Å². The Morgan fingerprint density at radius 1 is 1.80 bits per heavy atom. The molecule has 0 bridgehead atoms. The lowest BCUT2D eigenvalue weighted by Crippen LogP contribution is -2.21. The Balaban J connectivity index is 3.95. The van der Waals surface area contributed by atoms with Crippen LogP contribution in [0.25, 0.3) is 0 Å². The molecule has 2 N–H and O–H groups in total. The van der Waals surface area contributed by atoms with Gasteiger partial charge in [0.2, 0.25) is 0 Å². The first-order chi connectivity index (χ1) is 4.63. The first-order valence-corrected chi connectivity index (χ1v) is 2.69. The van der Waals surface area contributed by atoms with E-state index in [1.165, 1.54) is 7.11 Å². The predicted octanol–water partition coefficient (Wildman–Crippen LogP) is -0.931. The molecule has 4 nitrogen and oxygen atoms in total. The lowest BCUT2D eigenvalue weighted by atomic mass is 10.2. The highest BCUT2D eigenvalue weighted by Crippen LogP contribution is 1.99. The molecule has 0 radical (unpaired) electrons. The van der Waals surface area contributed by atoms with E-state index in [1.54, 1.807) is 0 Å². The first-order valence-electron chi connectivity index (χ1n) is 2.69. The minimum atomic E-state index is -1.22. The Morgan fingerprint density at radius 3 is 2.60 bits per heavy atom. The second-order valence-electron chi connectivity index (χ2n) is 1.72. The molecule has 0 aromatic carbocycles. The number of rotatable bonds is 3.